The average Bonchev–Trinajstić information content (AvgIpc) is 2.92. The fraction of sp³-hybridized carbons (Fsp3) is 0.0741. The number of para-hydroxylation sites is 1. The van der Waals surface area contributed by atoms with Crippen LogP contribution in [0, 0.1) is 10.1 Å². The molecular formula is C27H23N3O6S. The molecule has 4 rings (SSSR count). The molecule has 0 radical (unpaired) electrons. The first-order valence-electron chi connectivity index (χ1n) is 11.2. The standard InChI is InChI=1S/C27H23N3O6S/c31-27(28-18-20-9-2-1-3-10-20)36-26-16-7-6-15-25(26)24-14-5-4-11-21(24)19-29-37(34,35)23-13-8-12-22(17-23)30(32)33/h1-17,29H,18-19H2,(H,28,31). The van der Waals surface area contributed by atoms with Crippen LogP contribution in [0.2, 0.25) is 0 Å². The topological polar surface area (TPSA) is 128 Å². The van der Waals surface area contributed by atoms with Crippen LogP contribution in [0.5, 0.6) is 5.75 Å². The molecule has 0 saturated heterocycles. The van der Waals surface area contributed by atoms with E-state index in [1.54, 1.807) is 48.5 Å². The lowest BCUT2D eigenvalue weighted by Crippen LogP contribution is -2.26. The number of nitro groups is 1. The molecule has 0 bridgehead atoms. The molecule has 0 fully saturated rings. The Kier molecular flexibility index (Phi) is 7.92. The van der Waals surface area contributed by atoms with E-state index in [-0.39, 0.29) is 17.1 Å². The first kappa shape index (κ1) is 25.5. The van der Waals surface area contributed by atoms with Crippen LogP contribution in [-0.4, -0.2) is 19.4 Å². The Morgan fingerprint density at radius 3 is 2.24 bits per heavy atom. The Morgan fingerprint density at radius 2 is 1.49 bits per heavy atom. The molecule has 10 heteroatoms. The highest BCUT2D eigenvalue weighted by atomic mass is 32.2. The third kappa shape index (κ3) is 6.57. The molecule has 0 atom stereocenters. The van der Waals surface area contributed by atoms with Gasteiger partial charge < -0.3 is 10.1 Å². The van der Waals surface area contributed by atoms with Gasteiger partial charge in [-0.1, -0.05) is 78.9 Å². The Morgan fingerprint density at radius 1 is 0.811 bits per heavy atom. The van der Waals surface area contributed by atoms with Gasteiger partial charge in [0.05, 0.1) is 9.82 Å². The molecular weight excluding hydrogens is 494 g/mol. The lowest BCUT2D eigenvalue weighted by molar-refractivity contribution is -0.385. The Labute approximate surface area is 213 Å². The third-order valence-electron chi connectivity index (χ3n) is 5.47. The molecule has 0 unspecified atom stereocenters. The van der Waals surface area contributed by atoms with Gasteiger partial charge in [-0.2, -0.15) is 0 Å². The predicted octanol–water partition coefficient (Wildman–Crippen LogP) is 5.03. The molecule has 188 valence electrons. The van der Waals surface area contributed by atoms with Gasteiger partial charge in [0.15, 0.2) is 0 Å². The van der Waals surface area contributed by atoms with Crippen LogP contribution in [0.15, 0.2) is 108 Å². The zero-order chi connectivity index (χ0) is 26.3. The van der Waals surface area contributed by atoms with Gasteiger partial charge in [-0.05, 0) is 28.8 Å². The second-order valence-electron chi connectivity index (χ2n) is 7.96. The van der Waals surface area contributed by atoms with Gasteiger partial charge in [0.2, 0.25) is 10.0 Å². The van der Waals surface area contributed by atoms with Crippen molar-refractivity contribution in [1.82, 2.24) is 10.0 Å². The highest BCUT2D eigenvalue weighted by Gasteiger charge is 2.19. The van der Waals surface area contributed by atoms with E-state index in [1.807, 2.05) is 30.3 Å². The Balaban J connectivity index is 1.52. The summed E-state index contributed by atoms with van der Waals surface area (Å²) < 4.78 is 33.7. The van der Waals surface area contributed by atoms with Crippen molar-refractivity contribution in [2.24, 2.45) is 0 Å². The molecule has 0 aliphatic rings. The number of nitro benzene ring substituents is 1. The SMILES string of the molecule is O=C(NCc1ccccc1)Oc1ccccc1-c1ccccc1CNS(=O)(=O)c1cccc([N+](=O)[O-])c1. The number of hydrogen-bond donors (Lipinski definition) is 2. The van der Waals surface area contributed by atoms with Crippen molar-refractivity contribution in [3.05, 3.63) is 124 Å². The fourth-order valence-electron chi connectivity index (χ4n) is 3.64. The number of carbonyl (C=O) groups excluding carboxylic acids is 1. The molecule has 37 heavy (non-hydrogen) atoms. The van der Waals surface area contributed by atoms with E-state index in [2.05, 4.69) is 10.0 Å². The second kappa shape index (κ2) is 11.5. The van der Waals surface area contributed by atoms with Crippen molar-refractivity contribution < 1.29 is 22.9 Å². The largest absolute Gasteiger partial charge is 0.412 e. The summed E-state index contributed by atoms with van der Waals surface area (Å²) in [5.41, 5.74) is 2.49. The monoisotopic (exact) mass is 517 g/mol. The normalized spacial score (nSPS) is 11.0. The Hall–Kier alpha value is -4.54. The fourth-order valence-corrected chi connectivity index (χ4v) is 4.69. The minimum atomic E-state index is -4.03. The van der Waals surface area contributed by atoms with Crippen molar-refractivity contribution in [2.75, 3.05) is 0 Å². The number of carbonyl (C=O) groups is 1. The number of sulfonamides is 1. The molecule has 9 nitrogen and oxygen atoms in total. The number of amides is 1. The third-order valence-corrected chi connectivity index (χ3v) is 6.87. The van der Waals surface area contributed by atoms with Gasteiger partial charge in [-0.15, -0.1) is 0 Å². The van der Waals surface area contributed by atoms with E-state index in [4.69, 9.17) is 4.74 Å². The number of nitrogens with one attached hydrogen (secondary N) is 2. The molecule has 0 aliphatic carbocycles. The number of hydrogen-bond acceptors (Lipinski definition) is 6. The van der Waals surface area contributed by atoms with Crippen molar-refractivity contribution in [3.8, 4) is 16.9 Å². The van der Waals surface area contributed by atoms with Crippen LogP contribution in [0.4, 0.5) is 10.5 Å². The highest BCUT2D eigenvalue weighted by Crippen LogP contribution is 2.32. The summed E-state index contributed by atoms with van der Waals surface area (Å²) in [6, 6.07) is 28.3. The van der Waals surface area contributed by atoms with E-state index in [0.717, 1.165) is 11.6 Å². The van der Waals surface area contributed by atoms with Gasteiger partial charge >= 0.3 is 6.09 Å². The quantitative estimate of drug-likeness (QED) is 0.237. The summed E-state index contributed by atoms with van der Waals surface area (Å²) in [6.45, 7) is 0.216. The summed E-state index contributed by atoms with van der Waals surface area (Å²) in [7, 11) is -4.03. The van der Waals surface area contributed by atoms with Crippen LogP contribution in [0.1, 0.15) is 11.1 Å². The van der Waals surface area contributed by atoms with Crippen LogP contribution >= 0.6 is 0 Å². The van der Waals surface area contributed by atoms with E-state index < -0.39 is 21.0 Å². The summed E-state index contributed by atoms with van der Waals surface area (Å²) in [5, 5.41) is 13.7. The highest BCUT2D eigenvalue weighted by molar-refractivity contribution is 7.89. The molecule has 0 spiro atoms. The van der Waals surface area contributed by atoms with E-state index >= 15 is 0 Å². The first-order chi connectivity index (χ1) is 17.8. The van der Waals surface area contributed by atoms with E-state index in [1.165, 1.54) is 18.2 Å². The maximum atomic E-state index is 12.8. The van der Waals surface area contributed by atoms with Gasteiger partial charge in [-0.3, -0.25) is 10.1 Å². The first-order valence-corrected chi connectivity index (χ1v) is 12.7. The van der Waals surface area contributed by atoms with Crippen molar-refractivity contribution in [2.45, 2.75) is 18.0 Å². The zero-order valence-corrected chi connectivity index (χ0v) is 20.4. The molecule has 4 aromatic rings. The summed E-state index contributed by atoms with van der Waals surface area (Å²) in [4.78, 5) is 22.6. The van der Waals surface area contributed by atoms with Crippen molar-refractivity contribution in [3.63, 3.8) is 0 Å². The molecule has 4 aromatic carbocycles. The zero-order valence-electron chi connectivity index (χ0n) is 19.5. The summed E-state index contributed by atoms with van der Waals surface area (Å²) in [6.07, 6.45) is -0.625. The van der Waals surface area contributed by atoms with Gasteiger partial charge in [-0.25, -0.2) is 17.9 Å². The maximum Gasteiger partial charge on any atom is 0.412 e. The lowest BCUT2D eigenvalue weighted by atomic mass is 9.99. The number of ether oxygens (including phenoxy) is 1. The average molecular weight is 518 g/mol. The van der Waals surface area contributed by atoms with Gasteiger partial charge in [0.1, 0.15) is 5.75 Å². The number of benzene rings is 4. The van der Waals surface area contributed by atoms with E-state index in [0.29, 0.717) is 29.0 Å². The number of nitrogens with zero attached hydrogens (tertiary/aromatic N) is 1. The summed E-state index contributed by atoms with van der Waals surface area (Å²) >= 11 is 0. The van der Waals surface area contributed by atoms with E-state index in [9.17, 15) is 23.3 Å². The Bertz CT molecular complexity index is 1520. The predicted molar refractivity (Wildman–Crippen MR) is 138 cm³/mol. The molecule has 0 aromatic heterocycles. The molecule has 2 N–H and O–H groups in total. The molecule has 1 amide bonds. The summed E-state index contributed by atoms with van der Waals surface area (Å²) in [5.74, 6) is 0.307. The minimum Gasteiger partial charge on any atom is -0.410 e. The van der Waals surface area contributed by atoms with Crippen LogP contribution in [0.3, 0.4) is 0 Å². The number of rotatable bonds is 9. The lowest BCUT2D eigenvalue weighted by Gasteiger charge is -2.15. The maximum absolute atomic E-state index is 12.8. The smallest absolute Gasteiger partial charge is 0.410 e. The van der Waals surface area contributed by atoms with Crippen molar-refractivity contribution >= 4 is 21.8 Å². The van der Waals surface area contributed by atoms with Crippen LogP contribution in [0.25, 0.3) is 11.1 Å². The molecule has 0 saturated carbocycles. The minimum absolute atomic E-state index is 0.0876. The number of non-ortho nitro benzene ring substituents is 1. The van der Waals surface area contributed by atoms with Gasteiger partial charge in [0.25, 0.3) is 5.69 Å². The van der Waals surface area contributed by atoms with Gasteiger partial charge in [0, 0.05) is 30.8 Å². The van der Waals surface area contributed by atoms with Crippen LogP contribution < -0.4 is 14.8 Å². The second-order valence-corrected chi connectivity index (χ2v) is 9.73. The van der Waals surface area contributed by atoms with Crippen molar-refractivity contribution in [1.29, 1.82) is 0 Å². The van der Waals surface area contributed by atoms with Crippen LogP contribution in [-0.2, 0) is 23.1 Å². The molecule has 0 aliphatic heterocycles. The molecule has 0 heterocycles.